The molecule has 0 bridgehead atoms. The lowest BCUT2D eigenvalue weighted by molar-refractivity contribution is 0.0303. The maximum Gasteiger partial charge on any atom is 0.254 e. The van der Waals surface area contributed by atoms with Crippen molar-refractivity contribution in [2.24, 2.45) is 0 Å². The zero-order chi connectivity index (χ0) is 13.1. The quantitative estimate of drug-likeness (QED) is 0.808. The van der Waals surface area contributed by atoms with Gasteiger partial charge in [0.1, 0.15) is 5.82 Å². The van der Waals surface area contributed by atoms with Gasteiger partial charge in [-0.3, -0.25) is 4.79 Å². The van der Waals surface area contributed by atoms with Gasteiger partial charge in [0, 0.05) is 18.7 Å². The number of rotatable bonds is 2. The Morgan fingerprint density at radius 3 is 2.61 bits per heavy atom. The van der Waals surface area contributed by atoms with Crippen LogP contribution in [-0.4, -0.2) is 37.1 Å². The van der Waals surface area contributed by atoms with Crippen molar-refractivity contribution in [1.82, 2.24) is 4.90 Å². The summed E-state index contributed by atoms with van der Waals surface area (Å²) in [4.78, 5) is 14.0. The lowest BCUT2D eigenvalue weighted by Gasteiger charge is -2.27. The molecule has 3 nitrogen and oxygen atoms in total. The normalized spacial score (nSPS) is 16.1. The average Bonchev–Trinajstić information content (AvgIpc) is 2.39. The van der Waals surface area contributed by atoms with Crippen molar-refractivity contribution in [3.8, 4) is 0 Å². The minimum Gasteiger partial charge on any atom is -0.378 e. The van der Waals surface area contributed by atoms with Crippen LogP contribution < -0.4 is 0 Å². The number of hydrogen-bond donors (Lipinski definition) is 0. The standard InChI is InChI=1S/C14H18FNO2/c1-10(2)12-9-11(3-4-13(12)15)14(17)16-5-7-18-8-6-16/h3-4,9-10H,5-8H2,1-2H3. The number of halogens is 1. The SMILES string of the molecule is CC(C)c1cc(C(=O)N2CCOCC2)ccc1F. The van der Waals surface area contributed by atoms with Crippen LogP contribution in [0, 0.1) is 5.82 Å². The Kier molecular flexibility index (Phi) is 3.97. The minimum atomic E-state index is -0.247. The first-order chi connectivity index (χ1) is 8.59. The summed E-state index contributed by atoms with van der Waals surface area (Å²) in [6.45, 7) is 6.19. The van der Waals surface area contributed by atoms with Gasteiger partial charge in [0.25, 0.3) is 5.91 Å². The number of amides is 1. The number of carbonyl (C=O) groups is 1. The van der Waals surface area contributed by atoms with Crippen LogP contribution in [0.1, 0.15) is 35.7 Å². The van der Waals surface area contributed by atoms with Crippen LogP contribution in [-0.2, 0) is 4.74 Å². The minimum absolute atomic E-state index is 0.0415. The highest BCUT2D eigenvalue weighted by molar-refractivity contribution is 5.94. The summed E-state index contributed by atoms with van der Waals surface area (Å²) in [6.07, 6.45) is 0. The van der Waals surface area contributed by atoms with Gasteiger partial charge in [0.05, 0.1) is 13.2 Å². The Morgan fingerprint density at radius 2 is 2.00 bits per heavy atom. The average molecular weight is 251 g/mol. The highest BCUT2D eigenvalue weighted by Gasteiger charge is 2.19. The molecule has 98 valence electrons. The van der Waals surface area contributed by atoms with Crippen molar-refractivity contribution in [2.45, 2.75) is 19.8 Å². The van der Waals surface area contributed by atoms with Crippen molar-refractivity contribution in [3.63, 3.8) is 0 Å². The molecule has 0 saturated carbocycles. The van der Waals surface area contributed by atoms with Crippen LogP contribution in [0.3, 0.4) is 0 Å². The van der Waals surface area contributed by atoms with Gasteiger partial charge in [-0.1, -0.05) is 13.8 Å². The summed E-state index contributed by atoms with van der Waals surface area (Å²) in [6, 6.07) is 4.60. The van der Waals surface area contributed by atoms with E-state index in [1.807, 2.05) is 13.8 Å². The van der Waals surface area contributed by atoms with E-state index >= 15 is 0 Å². The van der Waals surface area contributed by atoms with Crippen LogP contribution in [0.25, 0.3) is 0 Å². The molecule has 1 aromatic carbocycles. The molecule has 1 aliphatic rings. The number of ether oxygens (including phenoxy) is 1. The molecular weight excluding hydrogens is 233 g/mol. The van der Waals surface area contributed by atoms with Crippen molar-refractivity contribution in [1.29, 1.82) is 0 Å². The molecule has 1 aromatic rings. The van der Waals surface area contributed by atoms with E-state index in [2.05, 4.69) is 0 Å². The number of hydrogen-bond acceptors (Lipinski definition) is 2. The van der Waals surface area contributed by atoms with Gasteiger partial charge in [-0.15, -0.1) is 0 Å². The number of carbonyl (C=O) groups excluding carboxylic acids is 1. The van der Waals surface area contributed by atoms with E-state index in [1.165, 1.54) is 6.07 Å². The van der Waals surface area contributed by atoms with Crippen molar-refractivity contribution in [3.05, 3.63) is 35.1 Å². The van der Waals surface area contributed by atoms with Crippen molar-refractivity contribution in [2.75, 3.05) is 26.3 Å². The largest absolute Gasteiger partial charge is 0.378 e. The maximum atomic E-state index is 13.6. The van der Waals surface area contributed by atoms with Crippen LogP contribution in [0.15, 0.2) is 18.2 Å². The number of morpholine rings is 1. The maximum absolute atomic E-state index is 13.6. The topological polar surface area (TPSA) is 29.5 Å². The third-order valence-corrected chi connectivity index (χ3v) is 3.16. The Labute approximate surface area is 107 Å². The molecule has 1 fully saturated rings. The second kappa shape index (κ2) is 5.48. The van der Waals surface area contributed by atoms with E-state index in [9.17, 15) is 9.18 Å². The van der Waals surface area contributed by atoms with Crippen LogP contribution >= 0.6 is 0 Å². The molecule has 4 heteroatoms. The Morgan fingerprint density at radius 1 is 1.33 bits per heavy atom. The molecule has 0 aliphatic carbocycles. The van der Waals surface area contributed by atoms with E-state index in [0.717, 1.165) is 0 Å². The molecule has 0 atom stereocenters. The number of nitrogens with zero attached hydrogens (tertiary/aromatic N) is 1. The Bertz CT molecular complexity index is 439. The van der Waals surface area contributed by atoms with Gasteiger partial charge in [-0.25, -0.2) is 4.39 Å². The van der Waals surface area contributed by atoms with E-state index in [-0.39, 0.29) is 17.6 Å². The number of benzene rings is 1. The first-order valence-electron chi connectivity index (χ1n) is 6.26. The van der Waals surface area contributed by atoms with Gasteiger partial charge in [-0.05, 0) is 29.7 Å². The summed E-state index contributed by atoms with van der Waals surface area (Å²) in [5, 5.41) is 0. The zero-order valence-electron chi connectivity index (χ0n) is 10.8. The van der Waals surface area contributed by atoms with Crippen LogP contribution in [0.2, 0.25) is 0 Å². The lowest BCUT2D eigenvalue weighted by Crippen LogP contribution is -2.40. The third-order valence-electron chi connectivity index (χ3n) is 3.16. The molecule has 0 aromatic heterocycles. The summed E-state index contributed by atoms with van der Waals surface area (Å²) in [5.41, 5.74) is 1.15. The van der Waals surface area contributed by atoms with E-state index in [4.69, 9.17) is 4.74 Å². The molecular formula is C14H18FNO2. The predicted molar refractivity (Wildman–Crippen MR) is 67.2 cm³/mol. The molecule has 1 aliphatic heterocycles. The molecule has 1 heterocycles. The van der Waals surface area contributed by atoms with Crippen molar-refractivity contribution < 1.29 is 13.9 Å². The fourth-order valence-electron chi connectivity index (χ4n) is 2.07. The van der Waals surface area contributed by atoms with Gasteiger partial charge in [0.15, 0.2) is 0 Å². The lowest BCUT2D eigenvalue weighted by atomic mass is 9.99. The van der Waals surface area contributed by atoms with Gasteiger partial charge in [-0.2, -0.15) is 0 Å². The van der Waals surface area contributed by atoms with E-state index in [1.54, 1.807) is 17.0 Å². The summed E-state index contributed by atoms with van der Waals surface area (Å²) >= 11 is 0. The van der Waals surface area contributed by atoms with Crippen LogP contribution in [0.4, 0.5) is 4.39 Å². The second-order valence-corrected chi connectivity index (χ2v) is 4.80. The predicted octanol–water partition coefficient (Wildman–Crippen LogP) is 2.42. The zero-order valence-corrected chi connectivity index (χ0v) is 10.8. The van der Waals surface area contributed by atoms with Crippen LogP contribution in [0.5, 0.6) is 0 Å². The molecule has 0 unspecified atom stereocenters. The second-order valence-electron chi connectivity index (χ2n) is 4.80. The molecule has 0 spiro atoms. The smallest absolute Gasteiger partial charge is 0.254 e. The van der Waals surface area contributed by atoms with E-state index < -0.39 is 0 Å². The highest BCUT2D eigenvalue weighted by atomic mass is 19.1. The Balaban J connectivity index is 2.22. The summed E-state index contributed by atoms with van der Waals surface area (Å²) in [5.74, 6) is -0.217. The summed E-state index contributed by atoms with van der Waals surface area (Å²) in [7, 11) is 0. The van der Waals surface area contributed by atoms with Gasteiger partial charge in [0.2, 0.25) is 0 Å². The molecule has 18 heavy (non-hydrogen) atoms. The fourth-order valence-corrected chi connectivity index (χ4v) is 2.07. The van der Waals surface area contributed by atoms with Gasteiger partial charge < -0.3 is 9.64 Å². The first-order valence-corrected chi connectivity index (χ1v) is 6.26. The molecule has 2 rings (SSSR count). The van der Waals surface area contributed by atoms with Gasteiger partial charge >= 0.3 is 0 Å². The van der Waals surface area contributed by atoms with Crippen molar-refractivity contribution >= 4 is 5.91 Å². The van der Waals surface area contributed by atoms with E-state index in [0.29, 0.717) is 37.4 Å². The molecule has 1 saturated heterocycles. The third kappa shape index (κ3) is 2.70. The first kappa shape index (κ1) is 13.0. The molecule has 1 amide bonds. The fraction of sp³-hybridized carbons (Fsp3) is 0.500. The Hall–Kier alpha value is -1.42. The molecule has 0 radical (unpaired) electrons. The summed E-state index contributed by atoms with van der Waals surface area (Å²) < 4.78 is 18.8. The monoisotopic (exact) mass is 251 g/mol. The molecule has 0 N–H and O–H groups in total. The highest BCUT2D eigenvalue weighted by Crippen LogP contribution is 2.20.